The molecule has 6 heteroatoms. The molecule has 0 spiro atoms. The van der Waals surface area contributed by atoms with Gasteiger partial charge in [0.2, 0.25) is 5.91 Å². The quantitative estimate of drug-likeness (QED) is 0.673. The van der Waals surface area contributed by atoms with Crippen molar-refractivity contribution in [1.82, 2.24) is 0 Å². The van der Waals surface area contributed by atoms with Crippen molar-refractivity contribution in [3.8, 4) is 0 Å². The van der Waals surface area contributed by atoms with Crippen molar-refractivity contribution >= 4 is 18.1 Å². The van der Waals surface area contributed by atoms with E-state index in [1.54, 1.807) is 12.1 Å². The molecule has 0 unspecified atom stereocenters. The number of rotatable bonds is 3. The molecule has 0 saturated carbocycles. The first-order chi connectivity index (χ1) is 10.3. The van der Waals surface area contributed by atoms with Crippen molar-refractivity contribution in [1.29, 1.82) is 0 Å². The van der Waals surface area contributed by atoms with Gasteiger partial charge in [-0.1, -0.05) is 30.4 Å². The molecule has 0 heterocycles. The third kappa shape index (κ3) is 3.72. The smallest absolute Gasteiger partial charge is 0.366 e. The predicted molar refractivity (Wildman–Crippen MR) is 75.3 cm³/mol. The Labute approximate surface area is 123 Å². The van der Waals surface area contributed by atoms with Gasteiger partial charge in [-0.05, 0) is 29.8 Å². The molecule has 0 aliphatic rings. The largest absolute Gasteiger partial charge is 0.416 e. The molecule has 0 aliphatic heterocycles. The van der Waals surface area contributed by atoms with E-state index in [0.29, 0.717) is 11.6 Å². The Morgan fingerprint density at radius 2 is 1.77 bits per heavy atom. The van der Waals surface area contributed by atoms with E-state index < -0.39 is 23.5 Å². The molecular formula is C16H11F4NO. The van der Waals surface area contributed by atoms with Crippen LogP contribution in [0.2, 0.25) is 0 Å². The van der Waals surface area contributed by atoms with Gasteiger partial charge in [0.25, 0.3) is 0 Å². The number of halogens is 4. The first-order valence-electron chi connectivity index (χ1n) is 6.22. The molecule has 0 atom stereocenters. The van der Waals surface area contributed by atoms with E-state index in [0.717, 1.165) is 12.1 Å². The SMILES string of the molecule is NC(=O)c1cccc(/C=C/c2ccc(C(F)(F)F)cc2F)c1. The highest BCUT2D eigenvalue weighted by Gasteiger charge is 2.30. The van der Waals surface area contributed by atoms with E-state index in [-0.39, 0.29) is 11.1 Å². The molecule has 0 aromatic heterocycles. The van der Waals surface area contributed by atoms with Crippen molar-refractivity contribution in [2.24, 2.45) is 5.73 Å². The molecule has 0 saturated heterocycles. The minimum Gasteiger partial charge on any atom is -0.366 e. The topological polar surface area (TPSA) is 43.1 Å². The fraction of sp³-hybridized carbons (Fsp3) is 0.0625. The molecule has 0 fully saturated rings. The van der Waals surface area contributed by atoms with Crippen molar-refractivity contribution in [2.75, 3.05) is 0 Å². The second kappa shape index (κ2) is 6.01. The van der Waals surface area contributed by atoms with Crippen LogP contribution in [0, 0.1) is 5.82 Å². The van der Waals surface area contributed by atoms with Crippen LogP contribution < -0.4 is 5.73 Å². The summed E-state index contributed by atoms with van der Waals surface area (Å²) in [6, 6.07) is 8.59. The summed E-state index contributed by atoms with van der Waals surface area (Å²) in [5.74, 6) is -1.58. The minimum atomic E-state index is -4.58. The Kier molecular flexibility index (Phi) is 4.30. The lowest BCUT2D eigenvalue weighted by molar-refractivity contribution is -0.137. The predicted octanol–water partition coefficient (Wildman–Crippen LogP) is 4.11. The summed E-state index contributed by atoms with van der Waals surface area (Å²) in [6.45, 7) is 0. The van der Waals surface area contributed by atoms with Crippen LogP contribution in [0.5, 0.6) is 0 Å². The van der Waals surface area contributed by atoms with E-state index in [9.17, 15) is 22.4 Å². The van der Waals surface area contributed by atoms with Crippen LogP contribution in [0.3, 0.4) is 0 Å². The zero-order chi connectivity index (χ0) is 16.3. The number of hydrogen-bond donors (Lipinski definition) is 1. The fourth-order valence-corrected chi connectivity index (χ4v) is 1.82. The van der Waals surface area contributed by atoms with Gasteiger partial charge in [-0.25, -0.2) is 4.39 Å². The molecule has 0 radical (unpaired) electrons. The number of carbonyl (C=O) groups is 1. The minimum absolute atomic E-state index is 0.0116. The summed E-state index contributed by atoms with van der Waals surface area (Å²) in [4.78, 5) is 11.0. The van der Waals surface area contributed by atoms with Gasteiger partial charge >= 0.3 is 6.18 Å². The lowest BCUT2D eigenvalue weighted by Gasteiger charge is -2.07. The highest BCUT2D eigenvalue weighted by molar-refractivity contribution is 5.93. The molecule has 2 aromatic rings. The molecule has 114 valence electrons. The Morgan fingerprint density at radius 1 is 1.05 bits per heavy atom. The highest BCUT2D eigenvalue weighted by atomic mass is 19.4. The van der Waals surface area contributed by atoms with Crippen LogP contribution in [0.15, 0.2) is 42.5 Å². The summed E-state index contributed by atoms with van der Waals surface area (Å²) in [5, 5.41) is 0. The second-order valence-electron chi connectivity index (χ2n) is 4.56. The summed E-state index contributed by atoms with van der Waals surface area (Å²) in [7, 11) is 0. The molecule has 0 aliphatic carbocycles. The maximum absolute atomic E-state index is 13.7. The lowest BCUT2D eigenvalue weighted by atomic mass is 10.1. The highest BCUT2D eigenvalue weighted by Crippen LogP contribution is 2.30. The van der Waals surface area contributed by atoms with Gasteiger partial charge in [-0.15, -0.1) is 0 Å². The number of alkyl halides is 3. The summed E-state index contributed by atoms with van der Waals surface area (Å²) >= 11 is 0. The normalized spacial score (nSPS) is 11.8. The number of nitrogens with two attached hydrogens (primary N) is 1. The summed E-state index contributed by atoms with van der Waals surface area (Å²) in [6.07, 6.45) is -1.77. The fourth-order valence-electron chi connectivity index (χ4n) is 1.82. The molecule has 0 bridgehead atoms. The van der Waals surface area contributed by atoms with Gasteiger partial charge in [0.1, 0.15) is 5.82 Å². The van der Waals surface area contributed by atoms with E-state index in [1.807, 2.05) is 0 Å². The van der Waals surface area contributed by atoms with Crippen molar-refractivity contribution < 1.29 is 22.4 Å². The van der Waals surface area contributed by atoms with Crippen molar-refractivity contribution in [2.45, 2.75) is 6.18 Å². The standard InChI is InChI=1S/C16H11F4NO/c17-14-9-13(16(18,19)20)7-6-11(14)5-4-10-2-1-3-12(8-10)15(21)22/h1-9H,(H2,21,22)/b5-4+. The zero-order valence-corrected chi connectivity index (χ0v) is 11.2. The molecule has 1 amide bonds. The van der Waals surface area contributed by atoms with Crippen LogP contribution in [0.25, 0.3) is 12.2 Å². The Morgan fingerprint density at radius 3 is 2.36 bits per heavy atom. The van der Waals surface area contributed by atoms with Crippen LogP contribution in [-0.2, 0) is 6.18 Å². The molecular weight excluding hydrogens is 298 g/mol. The van der Waals surface area contributed by atoms with E-state index >= 15 is 0 Å². The first kappa shape index (κ1) is 15.8. The van der Waals surface area contributed by atoms with Gasteiger partial charge < -0.3 is 5.73 Å². The van der Waals surface area contributed by atoms with E-state index in [2.05, 4.69) is 0 Å². The number of carbonyl (C=O) groups excluding carboxylic acids is 1. The second-order valence-corrected chi connectivity index (χ2v) is 4.56. The maximum atomic E-state index is 13.7. The first-order valence-corrected chi connectivity index (χ1v) is 6.22. The molecule has 2 N–H and O–H groups in total. The van der Waals surface area contributed by atoms with Gasteiger partial charge in [-0.2, -0.15) is 13.2 Å². The molecule has 2 rings (SSSR count). The Bertz CT molecular complexity index is 735. The van der Waals surface area contributed by atoms with Crippen LogP contribution in [-0.4, -0.2) is 5.91 Å². The Hall–Kier alpha value is -2.63. The van der Waals surface area contributed by atoms with Gasteiger partial charge in [0.15, 0.2) is 0 Å². The zero-order valence-electron chi connectivity index (χ0n) is 11.2. The van der Waals surface area contributed by atoms with Crippen LogP contribution in [0.1, 0.15) is 27.0 Å². The maximum Gasteiger partial charge on any atom is 0.416 e. The van der Waals surface area contributed by atoms with E-state index in [1.165, 1.54) is 24.3 Å². The van der Waals surface area contributed by atoms with Crippen molar-refractivity contribution in [3.63, 3.8) is 0 Å². The van der Waals surface area contributed by atoms with E-state index in [4.69, 9.17) is 5.73 Å². The molecule has 22 heavy (non-hydrogen) atoms. The van der Waals surface area contributed by atoms with Crippen molar-refractivity contribution in [3.05, 3.63) is 70.5 Å². The average molecular weight is 309 g/mol. The summed E-state index contributed by atoms with van der Waals surface area (Å²) < 4.78 is 51.0. The molecule has 2 nitrogen and oxygen atoms in total. The third-order valence-corrected chi connectivity index (χ3v) is 2.95. The average Bonchev–Trinajstić information content (AvgIpc) is 2.45. The summed E-state index contributed by atoms with van der Waals surface area (Å²) in [5.41, 5.74) is 4.98. The van der Waals surface area contributed by atoms with Gasteiger partial charge in [-0.3, -0.25) is 4.79 Å². The number of primary amides is 1. The van der Waals surface area contributed by atoms with Gasteiger partial charge in [0, 0.05) is 11.1 Å². The Balaban J connectivity index is 2.27. The molecule has 2 aromatic carbocycles. The number of hydrogen-bond acceptors (Lipinski definition) is 1. The van der Waals surface area contributed by atoms with Crippen LogP contribution >= 0.6 is 0 Å². The van der Waals surface area contributed by atoms with Gasteiger partial charge in [0.05, 0.1) is 5.56 Å². The lowest BCUT2D eigenvalue weighted by Crippen LogP contribution is -2.10. The number of amides is 1. The monoisotopic (exact) mass is 309 g/mol. The number of benzene rings is 2. The third-order valence-electron chi connectivity index (χ3n) is 2.95. The van der Waals surface area contributed by atoms with Crippen LogP contribution in [0.4, 0.5) is 17.6 Å².